The summed E-state index contributed by atoms with van der Waals surface area (Å²) in [7, 11) is 3.41. The highest BCUT2D eigenvalue weighted by molar-refractivity contribution is 14.1. The van der Waals surface area contributed by atoms with E-state index in [-0.39, 0.29) is 12.0 Å². The molecule has 0 unspecified atom stereocenters. The molecule has 0 aromatic heterocycles. The van der Waals surface area contributed by atoms with Crippen LogP contribution in [0.25, 0.3) is 0 Å². The zero-order valence-corrected chi connectivity index (χ0v) is 15.9. The number of nitrogen functional groups attached to an aromatic ring is 1. The SMILES string of the molecule is COC(=O)[C@H]1[C@@H](OC(=O)c2ccc(N)c(I)c2)C[C@@H]2CC[C@H]1N2C. The Hall–Kier alpha value is -1.35. The van der Waals surface area contributed by atoms with E-state index in [2.05, 4.69) is 27.5 Å². The molecule has 0 radical (unpaired) electrons. The van der Waals surface area contributed by atoms with E-state index in [9.17, 15) is 9.59 Å². The zero-order chi connectivity index (χ0) is 17.4. The number of fused-ring (bicyclic) bond motifs is 2. The van der Waals surface area contributed by atoms with Crippen LogP contribution in [-0.4, -0.2) is 49.2 Å². The first kappa shape index (κ1) is 17.5. The number of hydrogen-bond donors (Lipinski definition) is 1. The topological polar surface area (TPSA) is 81.9 Å². The molecule has 2 saturated heterocycles. The van der Waals surface area contributed by atoms with Gasteiger partial charge in [0.1, 0.15) is 12.0 Å². The molecule has 2 bridgehead atoms. The van der Waals surface area contributed by atoms with Gasteiger partial charge in [-0.25, -0.2) is 4.79 Å². The van der Waals surface area contributed by atoms with Gasteiger partial charge in [0, 0.05) is 27.8 Å². The lowest BCUT2D eigenvalue weighted by Crippen LogP contribution is -2.53. The highest BCUT2D eigenvalue weighted by Crippen LogP contribution is 2.40. The van der Waals surface area contributed by atoms with Gasteiger partial charge in [0.05, 0.1) is 12.7 Å². The van der Waals surface area contributed by atoms with E-state index in [1.807, 2.05) is 7.05 Å². The number of ether oxygens (including phenoxy) is 2. The van der Waals surface area contributed by atoms with Crippen molar-refractivity contribution in [1.29, 1.82) is 0 Å². The molecule has 7 heteroatoms. The molecule has 2 aliphatic heterocycles. The summed E-state index contributed by atoms with van der Waals surface area (Å²) in [5.41, 5.74) is 6.86. The summed E-state index contributed by atoms with van der Waals surface area (Å²) in [6.07, 6.45) is 2.15. The molecule has 130 valence electrons. The predicted octanol–water partition coefficient (Wildman–Crippen LogP) is 2.05. The summed E-state index contributed by atoms with van der Waals surface area (Å²) >= 11 is 2.08. The van der Waals surface area contributed by atoms with Crippen LogP contribution in [0.2, 0.25) is 0 Å². The summed E-state index contributed by atoms with van der Waals surface area (Å²) in [5.74, 6) is -1.16. The molecule has 1 aromatic rings. The first-order chi connectivity index (χ1) is 11.4. The average molecular weight is 444 g/mol. The molecule has 0 aliphatic carbocycles. The van der Waals surface area contributed by atoms with Gasteiger partial charge in [-0.3, -0.25) is 9.69 Å². The van der Waals surface area contributed by atoms with Crippen molar-refractivity contribution in [1.82, 2.24) is 4.90 Å². The number of carbonyl (C=O) groups excluding carboxylic acids is 2. The smallest absolute Gasteiger partial charge is 0.338 e. The van der Waals surface area contributed by atoms with Crippen LogP contribution >= 0.6 is 22.6 Å². The van der Waals surface area contributed by atoms with Crippen molar-refractivity contribution in [3.05, 3.63) is 27.3 Å². The lowest BCUT2D eigenvalue weighted by molar-refractivity contribution is -0.156. The van der Waals surface area contributed by atoms with E-state index < -0.39 is 18.0 Å². The average Bonchev–Trinajstić information content (AvgIpc) is 2.80. The highest BCUT2D eigenvalue weighted by atomic mass is 127. The molecule has 2 aliphatic rings. The number of carbonyl (C=O) groups is 2. The van der Waals surface area contributed by atoms with Gasteiger partial charge in [0.25, 0.3) is 0 Å². The van der Waals surface area contributed by atoms with Crippen LogP contribution in [0.5, 0.6) is 0 Å². The first-order valence-electron chi connectivity index (χ1n) is 7.98. The quantitative estimate of drug-likeness (QED) is 0.437. The molecule has 4 atom stereocenters. The van der Waals surface area contributed by atoms with Gasteiger partial charge in [-0.2, -0.15) is 0 Å². The summed E-state index contributed by atoms with van der Waals surface area (Å²) < 4.78 is 11.5. The van der Waals surface area contributed by atoms with E-state index in [1.165, 1.54) is 7.11 Å². The largest absolute Gasteiger partial charge is 0.469 e. The Labute approximate surface area is 154 Å². The highest BCUT2D eigenvalue weighted by Gasteiger charge is 2.51. The molecular formula is C17H21IN2O4. The first-order valence-corrected chi connectivity index (χ1v) is 9.06. The summed E-state index contributed by atoms with van der Waals surface area (Å²) in [4.78, 5) is 27.0. The maximum atomic E-state index is 12.5. The number of methoxy groups -OCH3 is 1. The molecule has 0 amide bonds. The van der Waals surface area contributed by atoms with E-state index in [0.29, 0.717) is 23.7 Å². The van der Waals surface area contributed by atoms with Crippen molar-refractivity contribution in [2.24, 2.45) is 5.92 Å². The van der Waals surface area contributed by atoms with Crippen LogP contribution in [0.3, 0.4) is 0 Å². The number of hydrogen-bond acceptors (Lipinski definition) is 6. The van der Waals surface area contributed by atoms with Gasteiger partial charge in [0.15, 0.2) is 0 Å². The third kappa shape index (κ3) is 3.11. The fourth-order valence-electron chi connectivity index (χ4n) is 3.85. The molecule has 6 nitrogen and oxygen atoms in total. The predicted molar refractivity (Wildman–Crippen MR) is 97.5 cm³/mol. The maximum absolute atomic E-state index is 12.5. The number of nitrogens with zero attached hydrogens (tertiary/aromatic N) is 1. The van der Waals surface area contributed by atoms with Gasteiger partial charge < -0.3 is 15.2 Å². The lowest BCUT2D eigenvalue weighted by atomic mass is 9.87. The van der Waals surface area contributed by atoms with Crippen LogP contribution in [0.4, 0.5) is 5.69 Å². The second kappa shape index (κ2) is 6.87. The molecule has 1 aromatic carbocycles. The molecule has 0 saturated carbocycles. The van der Waals surface area contributed by atoms with Crippen LogP contribution in [0.1, 0.15) is 29.6 Å². The maximum Gasteiger partial charge on any atom is 0.338 e. The number of piperidine rings is 1. The van der Waals surface area contributed by atoms with Crippen molar-refractivity contribution in [3.8, 4) is 0 Å². The van der Waals surface area contributed by atoms with Gasteiger partial charge in [0.2, 0.25) is 0 Å². The number of nitrogens with two attached hydrogens (primary N) is 1. The number of halogens is 1. The Kier molecular flexibility index (Phi) is 5.00. The Bertz CT molecular complexity index is 666. The van der Waals surface area contributed by atoms with Crippen molar-refractivity contribution in [2.45, 2.75) is 37.5 Å². The van der Waals surface area contributed by atoms with E-state index in [4.69, 9.17) is 15.2 Å². The van der Waals surface area contributed by atoms with Crippen molar-refractivity contribution >= 4 is 40.2 Å². The Morgan fingerprint density at radius 2 is 2.08 bits per heavy atom. The van der Waals surface area contributed by atoms with E-state index in [1.54, 1.807) is 18.2 Å². The Balaban J connectivity index is 1.80. The number of rotatable bonds is 3. The van der Waals surface area contributed by atoms with Gasteiger partial charge >= 0.3 is 11.9 Å². The number of anilines is 1. The van der Waals surface area contributed by atoms with Gasteiger partial charge in [-0.15, -0.1) is 0 Å². The Morgan fingerprint density at radius 1 is 1.33 bits per heavy atom. The van der Waals surface area contributed by atoms with E-state index >= 15 is 0 Å². The van der Waals surface area contributed by atoms with Crippen LogP contribution < -0.4 is 5.73 Å². The standard InChI is InChI=1S/C17H21IN2O4/c1-20-10-4-6-13(20)15(17(22)23-2)14(8-10)24-16(21)9-3-5-12(19)11(18)7-9/h3,5,7,10,13-15H,4,6,8,19H2,1-2H3/t10-,13+,14-,15+/m0/s1. The third-order valence-electron chi connectivity index (χ3n) is 5.18. The molecular weight excluding hydrogens is 423 g/mol. The minimum atomic E-state index is -0.450. The summed E-state index contributed by atoms with van der Waals surface area (Å²) in [5, 5.41) is 0. The molecule has 0 spiro atoms. The van der Waals surface area contributed by atoms with Gasteiger partial charge in [-0.1, -0.05) is 0 Å². The van der Waals surface area contributed by atoms with Crippen LogP contribution in [0.15, 0.2) is 18.2 Å². The van der Waals surface area contributed by atoms with Crippen molar-refractivity contribution < 1.29 is 19.1 Å². The molecule has 24 heavy (non-hydrogen) atoms. The zero-order valence-electron chi connectivity index (χ0n) is 13.7. The van der Waals surface area contributed by atoms with Crippen molar-refractivity contribution in [3.63, 3.8) is 0 Å². The molecule has 2 N–H and O–H groups in total. The number of esters is 2. The van der Waals surface area contributed by atoms with Crippen LogP contribution in [-0.2, 0) is 14.3 Å². The van der Waals surface area contributed by atoms with E-state index in [0.717, 1.165) is 16.4 Å². The monoisotopic (exact) mass is 444 g/mol. The minimum absolute atomic E-state index is 0.0700. The molecule has 2 heterocycles. The Morgan fingerprint density at radius 3 is 2.75 bits per heavy atom. The molecule has 2 fully saturated rings. The van der Waals surface area contributed by atoms with Gasteiger partial charge in [-0.05, 0) is 60.7 Å². The fourth-order valence-corrected chi connectivity index (χ4v) is 4.36. The van der Waals surface area contributed by atoms with Crippen LogP contribution in [0, 0.1) is 9.49 Å². The normalized spacial score (nSPS) is 29.3. The molecule has 3 rings (SSSR count). The summed E-state index contributed by atoms with van der Waals surface area (Å²) in [6.45, 7) is 0. The second-order valence-electron chi connectivity index (χ2n) is 6.43. The minimum Gasteiger partial charge on any atom is -0.469 e. The second-order valence-corrected chi connectivity index (χ2v) is 7.59. The lowest BCUT2D eigenvalue weighted by Gasteiger charge is -2.40. The third-order valence-corrected chi connectivity index (χ3v) is 6.12. The summed E-state index contributed by atoms with van der Waals surface area (Å²) in [6, 6.07) is 5.46. The van der Waals surface area contributed by atoms with Crippen molar-refractivity contribution in [2.75, 3.05) is 19.9 Å². The number of benzene rings is 1. The fraction of sp³-hybridized carbons (Fsp3) is 0.529.